The second kappa shape index (κ2) is 9.57. The highest BCUT2D eigenvalue weighted by molar-refractivity contribution is 5.81. The Kier molecular flexibility index (Phi) is 9.18. The number of nitrogens with zero attached hydrogens (tertiary/aromatic N) is 1. The zero-order valence-corrected chi connectivity index (χ0v) is 10.6. The van der Waals surface area contributed by atoms with Gasteiger partial charge >= 0.3 is 0 Å². The van der Waals surface area contributed by atoms with Gasteiger partial charge in [0.15, 0.2) is 0 Å². The molecule has 16 heavy (non-hydrogen) atoms. The van der Waals surface area contributed by atoms with Crippen molar-refractivity contribution in [3.05, 3.63) is 0 Å². The third-order valence-electron chi connectivity index (χ3n) is 2.36. The number of ether oxygens (including phenoxy) is 2. The van der Waals surface area contributed by atoms with Gasteiger partial charge in [0.2, 0.25) is 5.91 Å². The number of rotatable bonds is 9. The van der Waals surface area contributed by atoms with Crippen molar-refractivity contribution in [3.8, 4) is 0 Å². The van der Waals surface area contributed by atoms with E-state index >= 15 is 0 Å². The van der Waals surface area contributed by atoms with E-state index in [4.69, 9.17) is 15.2 Å². The average Bonchev–Trinajstić information content (AvgIpc) is 2.29. The van der Waals surface area contributed by atoms with Crippen molar-refractivity contribution in [3.63, 3.8) is 0 Å². The number of carbonyl (C=O) groups is 1. The number of amides is 1. The van der Waals surface area contributed by atoms with Gasteiger partial charge in [-0.25, -0.2) is 0 Å². The summed E-state index contributed by atoms with van der Waals surface area (Å²) in [7, 11) is 3.23. The number of hydrogen-bond acceptors (Lipinski definition) is 4. The number of carbonyl (C=O) groups excluding carboxylic acids is 1. The Morgan fingerprint density at radius 3 is 2.12 bits per heavy atom. The Bertz CT molecular complexity index is 180. The summed E-state index contributed by atoms with van der Waals surface area (Å²) in [6.07, 6.45) is 1.63. The molecule has 0 bridgehead atoms. The highest BCUT2D eigenvalue weighted by Crippen LogP contribution is 2.00. The standard InChI is InChI=1S/C11H24N2O3/c1-4-5-10(12)11(14)13(6-8-15-2)7-9-16-3/h10H,4-9,12H2,1-3H3. The summed E-state index contributed by atoms with van der Waals surface area (Å²) in [5, 5.41) is 0. The van der Waals surface area contributed by atoms with Crippen LogP contribution in [-0.2, 0) is 14.3 Å². The van der Waals surface area contributed by atoms with Crippen molar-refractivity contribution in [2.24, 2.45) is 5.73 Å². The minimum Gasteiger partial charge on any atom is -0.383 e. The van der Waals surface area contributed by atoms with E-state index in [2.05, 4.69) is 0 Å². The predicted octanol–water partition coefficient (Wildman–Crippen LogP) is 0.235. The lowest BCUT2D eigenvalue weighted by Crippen LogP contribution is -2.46. The maximum atomic E-state index is 11.9. The van der Waals surface area contributed by atoms with Crippen LogP contribution in [0.25, 0.3) is 0 Å². The van der Waals surface area contributed by atoms with Crippen molar-refractivity contribution in [2.75, 3.05) is 40.5 Å². The van der Waals surface area contributed by atoms with Crippen molar-refractivity contribution in [2.45, 2.75) is 25.8 Å². The SMILES string of the molecule is CCCC(N)C(=O)N(CCOC)CCOC. The van der Waals surface area contributed by atoms with E-state index in [1.165, 1.54) is 0 Å². The maximum Gasteiger partial charge on any atom is 0.239 e. The zero-order valence-electron chi connectivity index (χ0n) is 10.6. The van der Waals surface area contributed by atoms with E-state index < -0.39 is 6.04 Å². The Hall–Kier alpha value is -0.650. The molecule has 0 saturated carbocycles. The van der Waals surface area contributed by atoms with Crippen molar-refractivity contribution in [1.82, 2.24) is 4.90 Å². The van der Waals surface area contributed by atoms with Crippen LogP contribution in [-0.4, -0.2) is 57.4 Å². The van der Waals surface area contributed by atoms with E-state index in [9.17, 15) is 4.79 Å². The van der Waals surface area contributed by atoms with Gasteiger partial charge in [-0.1, -0.05) is 13.3 Å². The second-order valence-electron chi connectivity index (χ2n) is 3.71. The van der Waals surface area contributed by atoms with Crippen LogP contribution in [0.4, 0.5) is 0 Å². The lowest BCUT2D eigenvalue weighted by Gasteiger charge is -2.25. The van der Waals surface area contributed by atoms with Crippen LogP contribution in [0.3, 0.4) is 0 Å². The third-order valence-corrected chi connectivity index (χ3v) is 2.36. The molecule has 0 aromatic carbocycles. The molecule has 0 heterocycles. The minimum atomic E-state index is -0.404. The van der Waals surface area contributed by atoms with E-state index in [1.807, 2.05) is 6.92 Å². The summed E-state index contributed by atoms with van der Waals surface area (Å²) in [4.78, 5) is 13.6. The maximum absolute atomic E-state index is 11.9. The van der Waals surface area contributed by atoms with Crippen molar-refractivity contribution >= 4 is 5.91 Å². The molecule has 5 heteroatoms. The van der Waals surface area contributed by atoms with Gasteiger partial charge in [0, 0.05) is 27.3 Å². The summed E-state index contributed by atoms with van der Waals surface area (Å²) in [6, 6.07) is -0.404. The first-order valence-electron chi connectivity index (χ1n) is 5.69. The molecule has 1 unspecified atom stereocenters. The molecule has 1 atom stereocenters. The molecule has 0 spiro atoms. The van der Waals surface area contributed by atoms with Crippen molar-refractivity contribution in [1.29, 1.82) is 0 Å². The van der Waals surface area contributed by atoms with E-state index in [0.717, 1.165) is 12.8 Å². The van der Waals surface area contributed by atoms with Gasteiger partial charge in [-0.2, -0.15) is 0 Å². The van der Waals surface area contributed by atoms with Gasteiger partial charge in [-0.15, -0.1) is 0 Å². The first-order valence-corrected chi connectivity index (χ1v) is 5.69. The van der Waals surface area contributed by atoms with Gasteiger partial charge in [0.05, 0.1) is 19.3 Å². The summed E-state index contributed by atoms with van der Waals surface area (Å²) in [5.41, 5.74) is 5.80. The third kappa shape index (κ3) is 6.05. The van der Waals surface area contributed by atoms with Gasteiger partial charge in [-0.3, -0.25) is 4.79 Å². The molecule has 0 rings (SSSR count). The molecule has 0 aromatic rings. The molecule has 0 aliphatic carbocycles. The molecule has 96 valence electrons. The molecule has 0 fully saturated rings. The monoisotopic (exact) mass is 232 g/mol. The molecule has 0 saturated heterocycles. The number of methoxy groups -OCH3 is 2. The van der Waals surface area contributed by atoms with Gasteiger partial charge in [0.1, 0.15) is 0 Å². The van der Waals surface area contributed by atoms with Crippen molar-refractivity contribution < 1.29 is 14.3 Å². The first kappa shape index (κ1) is 15.3. The van der Waals surface area contributed by atoms with E-state index in [1.54, 1.807) is 19.1 Å². The minimum absolute atomic E-state index is 0.0176. The Balaban J connectivity index is 4.18. The normalized spacial score (nSPS) is 12.5. The predicted molar refractivity (Wildman–Crippen MR) is 63.2 cm³/mol. The van der Waals surface area contributed by atoms with E-state index in [0.29, 0.717) is 26.3 Å². The fourth-order valence-corrected chi connectivity index (χ4v) is 1.40. The summed E-state index contributed by atoms with van der Waals surface area (Å²) in [6.45, 7) is 4.19. The van der Waals surface area contributed by atoms with Crippen LogP contribution in [0.15, 0.2) is 0 Å². The molecule has 2 N–H and O–H groups in total. The molecule has 1 amide bonds. The second-order valence-corrected chi connectivity index (χ2v) is 3.71. The average molecular weight is 232 g/mol. The fraction of sp³-hybridized carbons (Fsp3) is 0.909. The summed E-state index contributed by atoms with van der Waals surface area (Å²) < 4.78 is 9.93. The number of hydrogen-bond donors (Lipinski definition) is 1. The molecule has 0 radical (unpaired) electrons. The van der Waals surface area contributed by atoms with E-state index in [-0.39, 0.29) is 5.91 Å². The Labute approximate surface area is 97.9 Å². The molecule has 5 nitrogen and oxygen atoms in total. The molecular formula is C11H24N2O3. The fourth-order valence-electron chi connectivity index (χ4n) is 1.40. The van der Waals surface area contributed by atoms with Crippen LogP contribution >= 0.6 is 0 Å². The highest BCUT2D eigenvalue weighted by Gasteiger charge is 2.19. The first-order chi connectivity index (χ1) is 7.67. The lowest BCUT2D eigenvalue weighted by atomic mass is 10.1. The molecular weight excluding hydrogens is 208 g/mol. The molecule has 0 aliphatic rings. The highest BCUT2D eigenvalue weighted by atomic mass is 16.5. The topological polar surface area (TPSA) is 64.8 Å². The van der Waals surface area contributed by atoms with Crippen LogP contribution < -0.4 is 5.73 Å². The largest absolute Gasteiger partial charge is 0.383 e. The summed E-state index contributed by atoms with van der Waals surface area (Å²) >= 11 is 0. The van der Waals surface area contributed by atoms with Gasteiger partial charge in [0.25, 0.3) is 0 Å². The quantitative estimate of drug-likeness (QED) is 0.618. The smallest absolute Gasteiger partial charge is 0.239 e. The summed E-state index contributed by atoms with van der Waals surface area (Å²) in [5.74, 6) is -0.0176. The van der Waals surface area contributed by atoms with Gasteiger partial charge < -0.3 is 20.1 Å². The van der Waals surface area contributed by atoms with Gasteiger partial charge in [-0.05, 0) is 6.42 Å². The van der Waals surface area contributed by atoms with Crippen LogP contribution in [0.1, 0.15) is 19.8 Å². The Morgan fingerprint density at radius 1 is 1.25 bits per heavy atom. The molecule has 0 aliphatic heterocycles. The molecule has 0 aromatic heterocycles. The zero-order chi connectivity index (χ0) is 12.4. The number of nitrogens with two attached hydrogens (primary N) is 1. The van der Waals surface area contributed by atoms with Crippen LogP contribution in [0.5, 0.6) is 0 Å². The Morgan fingerprint density at radius 2 is 1.75 bits per heavy atom. The van der Waals surface area contributed by atoms with Crippen LogP contribution in [0.2, 0.25) is 0 Å². The lowest BCUT2D eigenvalue weighted by molar-refractivity contribution is -0.134. The van der Waals surface area contributed by atoms with Crippen LogP contribution in [0, 0.1) is 0 Å².